The normalized spacial score (nSPS) is 12.2. The lowest BCUT2D eigenvalue weighted by Gasteiger charge is -2.15. The first-order chi connectivity index (χ1) is 13.0. The van der Waals surface area contributed by atoms with Gasteiger partial charge >= 0.3 is 6.61 Å². The third kappa shape index (κ3) is 4.55. The Labute approximate surface area is 154 Å². The fourth-order valence-corrected chi connectivity index (χ4v) is 2.81. The van der Waals surface area contributed by atoms with Crippen LogP contribution in [0.2, 0.25) is 0 Å². The highest BCUT2D eigenvalue weighted by molar-refractivity contribution is 5.88. The average molecular weight is 375 g/mol. The molecule has 142 valence electrons. The molecule has 0 aliphatic carbocycles. The molecule has 1 amide bonds. The van der Waals surface area contributed by atoms with Gasteiger partial charge in [-0.15, -0.1) is 0 Å². The highest BCUT2D eigenvalue weighted by Crippen LogP contribution is 2.26. The number of ether oxygens (including phenoxy) is 2. The van der Waals surface area contributed by atoms with E-state index in [1.165, 1.54) is 12.1 Å². The van der Waals surface area contributed by atoms with Gasteiger partial charge in [-0.05, 0) is 36.8 Å². The van der Waals surface area contributed by atoms with Gasteiger partial charge in [0.25, 0.3) is 0 Å². The van der Waals surface area contributed by atoms with Crippen LogP contribution in [0, 0.1) is 0 Å². The first-order valence-corrected chi connectivity index (χ1v) is 8.34. The third-order valence-corrected chi connectivity index (χ3v) is 4.20. The highest BCUT2D eigenvalue weighted by atomic mass is 19.3. The minimum absolute atomic E-state index is 0.0765. The molecule has 1 unspecified atom stereocenters. The largest absolute Gasteiger partial charge is 0.497 e. The van der Waals surface area contributed by atoms with Crippen LogP contribution in [0.3, 0.4) is 0 Å². The summed E-state index contributed by atoms with van der Waals surface area (Å²) < 4.78 is 39.3. The van der Waals surface area contributed by atoms with Gasteiger partial charge in [0, 0.05) is 17.0 Å². The number of hydrogen-bond donors (Lipinski definition) is 1. The van der Waals surface area contributed by atoms with Crippen LogP contribution >= 0.6 is 0 Å². The number of alkyl halides is 2. The van der Waals surface area contributed by atoms with E-state index in [0.29, 0.717) is 11.3 Å². The van der Waals surface area contributed by atoms with Crippen molar-refractivity contribution in [2.24, 2.45) is 0 Å². The van der Waals surface area contributed by atoms with Crippen LogP contribution in [0.5, 0.6) is 11.5 Å². The molecule has 0 fully saturated rings. The van der Waals surface area contributed by atoms with E-state index in [4.69, 9.17) is 9.15 Å². The molecule has 0 spiro atoms. The molecule has 5 nitrogen and oxygen atoms in total. The van der Waals surface area contributed by atoms with Crippen molar-refractivity contribution in [3.63, 3.8) is 0 Å². The predicted octanol–water partition coefficient (Wildman–Crippen LogP) is 4.46. The maximum absolute atomic E-state index is 12.4. The third-order valence-electron chi connectivity index (χ3n) is 4.20. The smallest absolute Gasteiger partial charge is 0.387 e. The molecule has 0 saturated heterocycles. The second kappa shape index (κ2) is 8.07. The summed E-state index contributed by atoms with van der Waals surface area (Å²) in [5.74, 6) is 0.585. The monoisotopic (exact) mass is 375 g/mol. The van der Waals surface area contributed by atoms with E-state index in [1.54, 1.807) is 31.6 Å². The first-order valence-electron chi connectivity index (χ1n) is 8.34. The molecule has 1 heterocycles. The Morgan fingerprint density at radius 2 is 1.85 bits per heavy atom. The van der Waals surface area contributed by atoms with Crippen molar-refractivity contribution in [1.82, 2.24) is 5.32 Å². The Kier molecular flexibility index (Phi) is 5.59. The number of methoxy groups -OCH3 is 1. The van der Waals surface area contributed by atoms with Gasteiger partial charge in [0.05, 0.1) is 25.8 Å². The van der Waals surface area contributed by atoms with Gasteiger partial charge in [0.1, 0.15) is 17.1 Å². The summed E-state index contributed by atoms with van der Waals surface area (Å²) in [5, 5.41) is 3.74. The molecule has 0 aliphatic rings. The predicted molar refractivity (Wildman–Crippen MR) is 96.1 cm³/mol. The number of fused-ring (bicyclic) bond motifs is 1. The lowest BCUT2D eigenvalue weighted by molar-refractivity contribution is -0.121. The van der Waals surface area contributed by atoms with Crippen molar-refractivity contribution in [1.29, 1.82) is 0 Å². The zero-order valence-electron chi connectivity index (χ0n) is 14.9. The number of benzene rings is 2. The van der Waals surface area contributed by atoms with Crippen molar-refractivity contribution < 1.29 is 27.5 Å². The van der Waals surface area contributed by atoms with Crippen LogP contribution in [0.1, 0.15) is 24.1 Å². The zero-order valence-corrected chi connectivity index (χ0v) is 14.9. The van der Waals surface area contributed by atoms with Crippen LogP contribution in [-0.4, -0.2) is 19.6 Å². The number of halogens is 2. The molecule has 1 atom stereocenters. The molecule has 3 aromatic rings. The summed E-state index contributed by atoms with van der Waals surface area (Å²) in [6, 6.07) is 11.3. The van der Waals surface area contributed by atoms with Crippen molar-refractivity contribution in [2.45, 2.75) is 26.0 Å². The van der Waals surface area contributed by atoms with Gasteiger partial charge < -0.3 is 19.2 Å². The minimum Gasteiger partial charge on any atom is -0.497 e. The summed E-state index contributed by atoms with van der Waals surface area (Å²) in [5.41, 5.74) is 2.21. The molecule has 0 radical (unpaired) electrons. The second-order valence-corrected chi connectivity index (χ2v) is 6.04. The molecule has 0 aliphatic heterocycles. The number of hydrogen-bond acceptors (Lipinski definition) is 4. The van der Waals surface area contributed by atoms with Gasteiger partial charge in [-0.25, -0.2) is 0 Å². The van der Waals surface area contributed by atoms with E-state index in [0.717, 1.165) is 16.5 Å². The Hall–Kier alpha value is -3.09. The molecule has 27 heavy (non-hydrogen) atoms. The van der Waals surface area contributed by atoms with Gasteiger partial charge in [0.2, 0.25) is 5.91 Å². The molecular formula is C20H19F2NO4. The Balaban J connectivity index is 1.63. The molecule has 2 aromatic carbocycles. The topological polar surface area (TPSA) is 60.7 Å². The average Bonchev–Trinajstić information content (AvgIpc) is 3.03. The molecule has 1 N–H and O–H groups in total. The van der Waals surface area contributed by atoms with Crippen molar-refractivity contribution >= 4 is 16.9 Å². The van der Waals surface area contributed by atoms with Crippen LogP contribution in [0.25, 0.3) is 11.0 Å². The number of rotatable bonds is 7. The van der Waals surface area contributed by atoms with Crippen LogP contribution in [-0.2, 0) is 11.2 Å². The lowest BCUT2D eigenvalue weighted by atomic mass is 10.1. The number of amides is 1. The van der Waals surface area contributed by atoms with E-state index in [-0.39, 0.29) is 24.1 Å². The van der Waals surface area contributed by atoms with Gasteiger partial charge in [-0.3, -0.25) is 4.79 Å². The molecule has 1 aromatic heterocycles. The summed E-state index contributed by atoms with van der Waals surface area (Å²) in [6.07, 6.45) is 1.72. The first kappa shape index (κ1) is 18.7. The fourth-order valence-electron chi connectivity index (χ4n) is 2.81. The van der Waals surface area contributed by atoms with Gasteiger partial charge in [0.15, 0.2) is 0 Å². The SMILES string of the molecule is COc1ccc2c(CC(=O)NC(C)c3ccc(OC(F)F)cc3)coc2c1. The van der Waals surface area contributed by atoms with E-state index < -0.39 is 6.61 Å². The lowest BCUT2D eigenvalue weighted by Crippen LogP contribution is -2.28. The number of furan rings is 1. The van der Waals surface area contributed by atoms with Gasteiger partial charge in [-0.2, -0.15) is 8.78 Å². The Morgan fingerprint density at radius 1 is 1.15 bits per heavy atom. The molecule has 7 heteroatoms. The Morgan fingerprint density at radius 3 is 2.52 bits per heavy atom. The summed E-state index contributed by atoms with van der Waals surface area (Å²) >= 11 is 0. The van der Waals surface area contributed by atoms with Crippen LogP contribution in [0.15, 0.2) is 53.1 Å². The van der Waals surface area contributed by atoms with Crippen LogP contribution in [0.4, 0.5) is 8.78 Å². The summed E-state index contributed by atoms with van der Waals surface area (Å²) in [4.78, 5) is 12.4. The number of carbonyl (C=O) groups is 1. The Bertz CT molecular complexity index is 921. The molecule has 0 saturated carbocycles. The van der Waals surface area contributed by atoms with Crippen molar-refractivity contribution in [3.05, 3.63) is 59.9 Å². The number of carbonyl (C=O) groups excluding carboxylic acids is 1. The zero-order chi connectivity index (χ0) is 19.4. The van der Waals surface area contributed by atoms with E-state index in [9.17, 15) is 13.6 Å². The van der Waals surface area contributed by atoms with E-state index >= 15 is 0 Å². The quantitative estimate of drug-likeness (QED) is 0.662. The molecule has 0 bridgehead atoms. The molecular weight excluding hydrogens is 356 g/mol. The summed E-state index contributed by atoms with van der Waals surface area (Å²) in [6.45, 7) is -1.04. The number of nitrogens with one attached hydrogen (secondary N) is 1. The fraction of sp³-hybridized carbons (Fsp3) is 0.250. The summed E-state index contributed by atoms with van der Waals surface area (Å²) in [7, 11) is 1.58. The van der Waals surface area contributed by atoms with Crippen molar-refractivity contribution in [2.75, 3.05) is 7.11 Å². The van der Waals surface area contributed by atoms with Crippen LogP contribution < -0.4 is 14.8 Å². The van der Waals surface area contributed by atoms with Crippen molar-refractivity contribution in [3.8, 4) is 11.5 Å². The standard InChI is InChI=1S/C20H19F2NO4/c1-12(13-3-5-15(6-4-13)27-20(21)22)23-19(24)9-14-11-26-18-10-16(25-2)7-8-17(14)18/h3-8,10-12,20H,9H2,1-2H3,(H,23,24). The second-order valence-electron chi connectivity index (χ2n) is 6.04. The van der Waals surface area contributed by atoms with E-state index in [1.807, 2.05) is 19.1 Å². The maximum atomic E-state index is 12.4. The minimum atomic E-state index is -2.86. The van der Waals surface area contributed by atoms with Gasteiger partial charge in [-0.1, -0.05) is 12.1 Å². The highest BCUT2D eigenvalue weighted by Gasteiger charge is 2.14. The maximum Gasteiger partial charge on any atom is 0.387 e. The molecule has 3 rings (SSSR count). The van der Waals surface area contributed by atoms with E-state index in [2.05, 4.69) is 10.1 Å².